The van der Waals surface area contributed by atoms with Gasteiger partial charge in [-0.15, -0.1) is 10.2 Å². The maximum Gasteiger partial charge on any atom is 0.321 e. The van der Waals surface area contributed by atoms with Gasteiger partial charge in [0.25, 0.3) is 0 Å². The molecule has 3 atom stereocenters. The molecule has 6 heteroatoms. The number of nitrogens with zero attached hydrogens (tertiary/aromatic N) is 2. The predicted molar refractivity (Wildman–Crippen MR) is 89.2 cm³/mol. The molecule has 0 unspecified atom stereocenters. The summed E-state index contributed by atoms with van der Waals surface area (Å²) in [5.41, 5.74) is 0. The first-order chi connectivity index (χ1) is 10.5. The molecule has 1 aromatic heterocycles. The van der Waals surface area contributed by atoms with Crippen LogP contribution in [0.25, 0.3) is 0 Å². The van der Waals surface area contributed by atoms with E-state index in [0.29, 0.717) is 28.8 Å². The Bertz CT molecular complexity index is 526. The second kappa shape index (κ2) is 6.52. The van der Waals surface area contributed by atoms with Crippen LogP contribution in [0.15, 0.2) is 0 Å². The average molecular weight is 322 g/mol. The van der Waals surface area contributed by atoms with Crippen LogP contribution in [0.3, 0.4) is 0 Å². The first-order valence-electron chi connectivity index (χ1n) is 8.44. The largest absolute Gasteiger partial charge is 0.335 e. The normalized spacial score (nSPS) is 28.6. The molecule has 1 heterocycles. The third kappa shape index (κ3) is 3.77. The molecule has 3 rings (SSSR count). The van der Waals surface area contributed by atoms with Gasteiger partial charge in [-0.1, -0.05) is 38.5 Å². The van der Waals surface area contributed by atoms with E-state index in [-0.39, 0.29) is 12.1 Å². The van der Waals surface area contributed by atoms with Crippen molar-refractivity contribution < 1.29 is 4.79 Å². The Balaban J connectivity index is 1.56. The number of carbonyl (C=O) groups excluding carboxylic acids is 1. The zero-order valence-electron chi connectivity index (χ0n) is 13.6. The number of nitrogens with one attached hydrogen (secondary N) is 2. The molecule has 0 aliphatic heterocycles. The highest BCUT2D eigenvalue weighted by Gasteiger charge is 2.32. The van der Waals surface area contributed by atoms with Gasteiger partial charge in [0.15, 0.2) is 0 Å². The molecule has 0 spiro atoms. The molecule has 1 aromatic rings. The number of carbonyl (C=O) groups is 1. The van der Waals surface area contributed by atoms with Crippen molar-refractivity contribution in [1.29, 1.82) is 0 Å². The number of anilines is 1. The Labute approximate surface area is 136 Å². The molecule has 122 valence electrons. The van der Waals surface area contributed by atoms with E-state index in [4.69, 9.17) is 0 Å². The number of rotatable bonds is 4. The van der Waals surface area contributed by atoms with Crippen LogP contribution in [0.2, 0.25) is 0 Å². The second-order valence-corrected chi connectivity index (χ2v) is 8.26. The summed E-state index contributed by atoms with van der Waals surface area (Å²) in [7, 11) is 0. The summed E-state index contributed by atoms with van der Waals surface area (Å²) in [5, 5.41) is 15.9. The molecule has 2 amide bonds. The maximum atomic E-state index is 12.3. The van der Waals surface area contributed by atoms with Gasteiger partial charge in [-0.3, -0.25) is 5.32 Å². The highest BCUT2D eigenvalue weighted by Crippen LogP contribution is 2.42. The lowest BCUT2D eigenvalue weighted by atomic mass is 9.74. The van der Waals surface area contributed by atoms with E-state index >= 15 is 0 Å². The van der Waals surface area contributed by atoms with E-state index < -0.39 is 0 Å². The molecule has 22 heavy (non-hydrogen) atoms. The van der Waals surface area contributed by atoms with Crippen LogP contribution in [-0.2, 0) is 0 Å². The Morgan fingerprint density at radius 1 is 1.23 bits per heavy atom. The molecule has 0 aromatic carbocycles. The minimum atomic E-state index is -0.136. The van der Waals surface area contributed by atoms with Crippen LogP contribution < -0.4 is 10.6 Å². The van der Waals surface area contributed by atoms with Crippen molar-refractivity contribution in [3.8, 4) is 0 Å². The summed E-state index contributed by atoms with van der Waals surface area (Å²) in [4.78, 5) is 12.3. The van der Waals surface area contributed by atoms with Crippen LogP contribution in [-0.4, -0.2) is 22.3 Å². The van der Waals surface area contributed by atoms with Crippen LogP contribution in [0.1, 0.15) is 63.8 Å². The van der Waals surface area contributed by atoms with Crippen molar-refractivity contribution in [2.75, 3.05) is 5.32 Å². The van der Waals surface area contributed by atoms with Gasteiger partial charge < -0.3 is 5.32 Å². The summed E-state index contributed by atoms with van der Waals surface area (Å²) < 4.78 is 0. The Hall–Kier alpha value is -1.17. The van der Waals surface area contributed by atoms with E-state index in [1.807, 2.05) is 0 Å². The summed E-state index contributed by atoms with van der Waals surface area (Å²) >= 11 is 1.51. The van der Waals surface area contributed by atoms with Gasteiger partial charge in [-0.25, -0.2) is 4.79 Å². The highest BCUT2D eigenvalue weighted by atomic mass is 32.1. The highest BCUT2D eigenvalue weighted by molar-refractivity contribution is 7.15. The van der Waals surface area contributed by atoms with Gasteiger partial charge in [0.05, 0.1) is 0 Å². The summed E-state index contributed by atoms with van der Waals surface area (Å²) in [6.45, 7) is 6.77. The smallest absolute Gasteiger partial charge is 0.321 e. The third-order valence-electron chi connectivity index (χ3n) is 4.93. The molecular formula is C16H26N4OS. The Morgan fingerprint density at radius 2 is 2.00 bits per heavy atom. The van der Waals surface area contributed by atoms with E-state index in [0.717, 1.165) is 11.4 Å². The minimum Gasteiger partial charge on any atom is -0.335 e. The summed E-state index contributed by atoms with van der Waals surface area (Å²) in [6, 6.07) is 0.128. The number of hydrogen-bond acceptors (Lipinski definition) is 4. The first kappa shape index (κ1) is 15.7. The fraction of sp³-hybridized carbons (Fsp3) is 0.812. The molecular weight excluding hydrogens is 296 g/mol. The second-order valence-electron chi connectivity index (χ2n) is 7.25. The number of urea groups is 1. The molecule has 2 saturated carbocycles. The van der Waals surface area contributed by atoms with Crippen molar-refractivity contribution >= 4 is 22.5 Å². The van der Waals surface area contributed by atoms with Crippen LogP contribution in [0, 0.1) is 17.8 Å². The lowest BCUT2D eigenvalue weighted by molar-refractivity contribution is 0.172. The predicted octanol–water partition coefficient (Wildman–Crippen LogP) is 4.00. The third-order valence-corrected chi connectivity index (χ3v) is 5.93. The fourth-order valence-corrected chi connectivity index (χ4v) is 4.36. The average Bonchev–Trinajstić information content (AvgIpc) is 3.19. The Morgan fingerprint density at radius 3 is 2.68 bits per heavy atom. The molecule has 0 saturated heterocycles. The number of amides is 2. The van der Waals surface area contributed by atoms with Gasteiger partial charge in [0.2, 0.25) is 5.13 Å². The van der Waals surface area contributed by atoms with Crippen molar-refractivity contribution in [2.45, 2.75) is 64.8 Å². The van der Waals surface area contributed by atoms with Gasteiger partial charge >= 0.3 is 6.03 Å². The minimum absolute atomic E-state index is 0.136. The molecule has 2 aliphatic carbocycles. The van der Waals surface area contributed by atoms with Crippen molar-refractivity contribution in [2.24, 2.45) is 17.8 Å². The maximum absolute atomic E-state index is 12.3. The van der Waals surface area contributed by atoms with Crippen molar-refractivity contribution in [1.82, 2.24) is 15.5 Å². The van der Waals surface area contributed by atoms with E-state index in [2.05, 4.69) is 41.6 Å². The molecule has 0 radical (unpaired) electrons. The molecule has 2 aliphatic rings. The summed E-state index contributed by atoms with van der Waals surface area (Å²) in [5.74, 6) is 2.43. The van der Waals surface area contributed by atoms with E-state index in [1.54, 1.807) is 0 Å². The number of aromatic nitrogens is 2. The molecule has 5 nitrogen and oxygen atoms in total. The van der Waals surface area contributed by atoms with E-state index in [1.165, 1.54) is 37.0 Å². The lowest BCUT2D eigenvalue weighted by Crippen LogP contribution is -2.47. The van der Waals surface area contributed by atoms with Crippen molar-refractivity contribution in [3.05, 3.63) is 5.01 Å². The monoisotopic (exact) mass is 322 g/mol. The first-order valence-corrected chi connectivity index (χ1v) is 9.25. The molecule has 2 N–H and O–H groups in total. The molecule has 2 fully saturated rings. The van der Waals surface area contributed by atoms with Crippen molar-refractivity contribution in [3.63, 3.8) is 0 Å². The zero-order valence-corrected chi connectivity index (χ0v) is 14.4. The van der Waals surface area contributed by atoms with E-state index in [9.17, 15) is 4.79 Å². The number of hydrogen-bond donors (Lipinski definition) is 2. The quantitative estimate of drug-likeness (QED) is 0.880. The topological polar surface area (TPSA) is 66.9 Å². The standard InChI is InChI=1S/C16H26N4OS/c1-9(2)12-7-4-10(3)8-13(12)17-15(21)18-16-20-19-14(22-16)11-5-6-11/h9-13H,4-8H2,1-3H3,(H2,17,18,20,21)/t10-,12-,13+/m1/s1. The van der Waals surface area contributed by atoms with Crippen LogP contribution in [0.4, 0.5) is 9.93 Å². The van der Waals surface area contributed by atoms with Crippen LogP contribution in [0.5, 0.6) is 0 Å². The van der Waals surface area contributed by atoms with Gasteiger partial charge in [0.1, 0.15) is 5.01 Å². The van der Waals surface area contributed by atoms with Gasteiger partial charge in [-0.05, 0) is 43.4 Å². The lowest BCUT2D eigenvalue weighted by Gasteiger charge is -2.37. The zero-order chi connectivity index (χ0) is 15.7. The fourth-order valence-electron chi connectivity index (χ4n) is 3.45. The summed E-state index contributed by atoms with van der Waals surface area (Å²) in [6.07, 6.45) is 5.95. The van der Waals surface area contributed by atoms with Crippen LogP contribution >= 0.6 is 11.3 Å². The Kier molecular flexibility index (Phi) is 4.66. The SMILES string of the molecule is CC(C)[C@H]1CC[C@@H](C)C[C@@H]1NC(=O)Nc1nnc(C2CC2)s1. The van der Waals surface area contributed by atoms with Gasteiger partial charge in [0, 0.05) is 12.0 Å². The van der Waals surface area contributed by atoms with Gasteiger partial charge in [-0.2, -0.15) is 0 Å². The molecule has 0 bridgehead atoms.